The second-order valence-electron chi connectivity index (χ2n) is 8.43. The molecular formula is C20H28O5. The van der Waals surface area contributed by atoms with Crippen LogP contribution in [0.5, 0.6) is 0 Å². The lowest BCUT2D eigenvalue weighted by molar-refractivity contribution is -0.164. The summed E-state index contributed by atoms with van der Waals surface area (Å²) in [5, 5.41) is 19.6. The van der Waals surface area contributed by atoms with Gasteiger partial charge in [0.25, 0.3) is 0 Å². The van der Waals surface area contributed by atoms with E-state index < -0.39 is 23.6 Å². The maximum absolute atomic E-state index is 12.0. The molecule has 0 unspecified atom stereocenters. The average Bonchev–Trinajstić information content (AvgIpc) is 2.84. The Balaban J connectivity index is 1.83. The van der Waals surface area contributed by atoms with Gasteiger partial charge in [-0.15, -0.1) is 0 Å². The molecular weight excluding hydrogens is 320 g/mol. The standard InChI is InChI=1S/C20H28O5/c1-12-5-8-15-19(2,9-4-10-20(15,3)18(23)24)14(12)7-6-13-11-16(21)25-17(13)22/h11,14-15,17,22H,1,4-10H2,2-3H3,(H,23,24)/t14-,15+,17+,19+,20+/m1/s1. The van der Waals surface area contributed by atoms with Crippen molar-refractivity contribution in [2.24, 2.45) is 22.7 Å². The molecule has 0 bridgehead atoms. The van der Waals surface area contributed by atoms with Crippen molar-refractivity contribution in [2.75, 3.05) is 0 Å². The monoisotopic (exact) mass is 348 g/mol. The molecule has 3 aliphatic rings. The maximum atomic E-state index is 12.0. The molecule has 0 aromatic rings. The summed E-state index contributed by atoms with van der Waals surface area (Å²) in [5.74, 6) is -0.857. The summed E-state index contributed by atoms with van der Waals surface area (Å²) in [5.41, 5.74) is 1.00. The van der Waals surface area contributed by atoms with E-state index in [0.29, 0.717) is 12.0 Å². The number of carboxylic acid groups (broad SMARTS) is 1. The van der Waals surface area contributed by atoms with Crippen LogP contribution >= 0.6 is 0 Å². The summed E-state index contributed by atoms with van der Waals surface area (Å²) in [6.45, 7) is 8.39. The number of allylic oxidation sites excluding steroid dienone is 1. The number of fused-ring (bicyclic) bond motifs is 1. The Labute approximate surface area is 148 Å². The first kappa shape index (κ1) is 18.2. The van der Waals surface area contributed by atoms with Gasteiger partial charge < -0.3 is 14.9 Å². The molecule has 2 N–H and O–H groups in total. The molecule has 0 amide bonds. The zero-order chi connectivity index (χ0) is 18.4. The van der Waals surface area contributed by atoms with Crippen molar-refractivity contribution in [3.63, 3.8) is 0 Å². The minimum atomic E-state index is -1.14. The number of aliphatic hydroxyl groups is 1. The third-order valence-electron chi connectivity index (χ3n) is 7.08. The number of ether oxygens (including phenoxy) is 1. The Bertz CT molecular complexity index is 636. The van der Waals surface area contributed by atoms with Gasteiger partial charge in [0.1, 0.15) is 0 Å². The minimum Gasteiger partial charge on any atom is -0.481 e. The van der Waals surface area contributed by atoms with E-state index in [-0.39, 0.29) is 17.3 Å². The molecule has 2 saturated carbocycles. The summed E-state index contributed by atoms with van der Waals surface area (Å²) >= 11 is 0. The molecule has 0 aromatic heterocycles. The molecule has 2 fully saturated rings. The predicted octanol–water partition coefficient (Wildman–Crippen LogP) is 3.43. The van der Waals surface area contributed by atoms with Crippen LogP contribution in [-0.4, -0.2) is 28.4 Å². The molecule has 0 radical (unpaired) electrons. The number of aliphatic carboxylic acids is 1. The van der Waals surface area contributed by atoms with Crippen LogP contribution in [0.3, 0.4) is 0 Å². The van der Waals surface area contributed by atoms with E-state index >= 15 is 0 Å². The number of esters is 1. The van der Waals surface area contributed by atoms with Gasteiger partial charge in [-0.2, -0.15) is 0 Å². The van der Waals surface area contributed by atoms with Crippen LogP contribution in [0, 0.1) is 22.7 Å². The summed E-state index contributed by atoms with van der Waals surface area (Å²) in [4.78, 5) is 23.3. The van der Waals surface area contributed by atoms with Crippen molar-refractivity contribution in [2.45, 2.75) is 65.1 Å². The molecule has 138 valence electrons. The molecule has 2 aliphatic carbocycles. The second-order valence-corrected chi connectivity index (χ2v) is 8.43. The van der Waals surface area contributed by atoms with Gasteiger partial charge in [-0.05, 0) is 62.7 Å². The van der Waals surface area contributed by atoms with Crippen LogP contribution in [0.15, 0.2) is 23.8 Å². The van der Waals surface area contributed by atoms with Gasteiger partial charge in [-0.1, -0.05) is 25.5 Å². The minimum absolute atomic E-state index is 0.101. The lowest BCUT2D eigenvalue weighted by Gasteiger charge is -2.57. The van der Waals surface area contributed by atoms with Crippen LogP contribution in [0.25, 0.3) is 0 Å². The summed E-state index contributed by atoms with van der Waals surface area (Å²) in [6, 6.07) is 0. The molecule has 5 nitrogen and oxygen atoms in total. The van der Waals surface area contributed by atoms with Gasteiger partial charge in [0.2, 0.25) is 6.29 Å². The first-order valence-corrected chi connectivity index (χ1v) is 9.18. The van der Waals surface area contributed by atoms with E-state index in [2.05, 4.69) is 13.5 Å². The summed E-state index contributed by atoms with van der Waals surface area (Å²) < 4.78 is 4.76. The van der Waals surface area contributed by atoms with Gasteiger partial charge in [0.15, 0.2) is 0 Å². The van der Waals surface area contributed by atoms with E-state index in [1.165, 1.54) is 11.6 Å². The molecule has 0 spiro atoms. The fraction of sp³-hybridized carbons (Fsp3) is 0.700. The lowest BCUT2D eigenvalue weighted by atomic mass is 9.46. The van der Waals surface area contributed by atoms with E-state index in [4.69, 9.17) is 4.74 Å². The van der Waals surface area contributed by atoms with Gasteiger partial charge in [-0.3, -0.25) is 4.79 Å². The Kier molecular flexibility index (Phi) is 4.56. The number of hydrogen-bond donors (Lipinski definition) is 2. The van der Waals surface area contributed by atoms with Gasteiger partial charge in [-0.25, -0.2) is 4.79 Å². The lowest BCUT2D eigenvalue weighted by Crippen LogP contribution is -2.53. The van der Waals surface area contributed by atoms with Gasteiger partial charge in [0.05, 0.1) is 5.41 Å². The molecule has 3 rings (SSSR count). The van der Waals surface area contributed by atoms with Crippen LogP contribution in [0.2, 0.25) is 0 Å². The van der Waals surface area contributed by atoms with Crippen molar-refractivity contribution >= 4 is 11.9 Å². The van der Waals surface area contributed by atoms with Crippen molar-refractivity contribution in [3.05, 3.63) is 23.8 Å². The molecule has 5 atom stereocenters. The fourth-order valence-corrected chi connectivity index (χ4v) is 5.69. The van der Waals surface area contributed by atoms with Crippen LogP contribution in [0.4, 0.5) is 0 Å². The Hall–Kier alpha value is -1.62. The van der Waals surface area contributed by atoms with E-state index in [1.807, 2.05) is 6.92 Å². The van der Waals surface area contributed by atoms with Crippen LogP contribution in [0.1, 0.15) is 58.8 Å². The summed E-state index contributed by atoms with van der Waals surface area (Å²) in [7, 11) is 0. The SMILES string of the molecule is C=C1CC[C@H]2[C@@](C)(CCC[C@]2(C)C(=O)O)[C@@H]1CCC1=CC(=O)O[C@@H]1O. The highest BCUT2D eigenvalue weighted by Gasteiger charge is 2.57. The highest BCUT2D eigenvalue weighted by molar-refractivity contribution is 5.85. The van der Waals surface area contributed by atoms with Crippen LogP contribution in [-0.2, 0) is 14.3 Å². The largest absolute Gasteiger partial charge is 0.481 e. The zero-order valence-electron chi connectivity index (χ0n) is 15.1. The van der Waals surface area contributed by atoms with Crippen LogP contribution < -0.4 is 0 Å². The topological polar surface area (TPSA) is 83.8 Å². The Morgan fingerprint density at radius 3 is 2.72 bits per heavy atom. The normalized spacial score (nSPS) is 41.1. The zero-order valence-corrected chi connectivity index (χ0v) is 15.1. The smallest absolute Gasteiger partial charge is 0.333 e. The molecule has 25 heavy (non-hydrogen) atoms. The Morgan fingerprint density at radius 2 is 2.12 bits per heavy atom. The number of carbonyl (C=O) groups is 2. The first-order valence-electron chi connectivity index (χ1n) is 9.18. The van der Waals surface area contributed by atoms with Gasteiger partial charge in [0, 0.05) is 11.6 Å². The van der Waals surface area contributed by atoms with Crippen molar-refractivity contribution < 1.29 is 24.5 Å². The second kappa shape index (κ2) is 6.27. The molecule has 1 heterocycles. The quantitative estimate of drug-likeness (QED) is 0.601. The first-order chi connectivity index (χ1) is 11.7. The van der Waals surface area contributed by atoms with Crippen molar-refractivity contribution in [1.82, 2.24) is 0 Å². The summed E-state index contributed by atoms with van der Waals surface area (Å²) in [6.07, 6.45) is 5.94. The van der Waals surface area contributed by atoms with E-state index in [0.717, 1.165) is 38.5 Å². The highest BCUT2D eigenvalue weighted by Crippen LogP contribution is 2.62. The van der Waals surface area contributed by atoms with Gasteiger partial charge >= 0.3 is 11.9 Å². The number of carboxylic acids is 1. The van der Waals surface area contributed by atoms with E-state index in [1.54, 1.807) is 0 Å². The van der Waals surface area contributed by atoms with Crippen molar-refractivity contribution in [1.29, 1.82) is 0 Å². The Morgan fingerprint density at radius 1 is 1.40 bits per heavy atom. The molecule has 5 heteroatoms. The third-order valence-corrected chi connectivity index (χ3v) is 7.08. The molecule has 0 saturated heterocycles. The maximum Gasteiger partial charge on any atom is 0.333 e. The molecule has 0 aromatic carbocycles. The van der Waals surface area contributed by atoms with Crippen molar-refractivity contribution in [3.8, 4) is 0 Å². The number of rotatable bonds is 4. The predicted molar refractivity (Wildman–Crippen MR) is 92.5 cm³/mol. The number of cyclic esters (lactones) is 1. The number of hydrogen-bond acceptors (Lipinski definition) is 4. The molecule has 1 aliphatic heterocycles. The third kappa shape index (κ3) is 2.92. The number of aliphatic hydroxyl groups excluding tert-OH is 1. The number of carbonyl (C=O) groups excluding carboxylic acids is 1. The fourth-order valence-electron chi connectivity index (χ4n) is 5.69. The average molecular weight is 348 g/mol. The van der Waals surface area contributed by atoms with E-state index in [9.17, 15) is 19.8 Å². The highest BCUT2D eigenvalue weighted by atomic mass is 16.6.